The summed E-state index contributed by atoms with van der Waals surface area (Å²) in [6.45, 7) is 2.98. The lowest BCUT2D eigenvalue weighted by atomic mass is 10.1. The lowest BCUT2D eigenvalue weighted by molar-refractivity contribution is -0.125. The SMILES string of the molecule is Cc1cc(NC(=O)Oc2ccccc2)cc(N2CCOCC2=O)c1. The normalized spacial score (nSPS) is 14.4. The van der Waals surface area contributed by atoms with Crippen LogP contribution in [0.3, 0.4) is 0 Å². The minimum atomic E-state index is -0.578. The Morgan fingerprint density at radius 1 is 1.21 bits per heavy atom. The molecule has 6 heteroatoms. The van der Waals surface area contributed by atoms with Gasteiger partial charge in [0.25, 0.3) is 5.91 Å². The highest BCUT2D eigenvalue weighted by molar-refractivity contribution is 5.96. The van der Waals surface area contributed by atoms with E-state index in [1.54, 1.807) is 35.2 Å². The van der Waals surface area contributed by atoms with Crippen LogP contribution in [0.5, 0.6) is 5.75 Å². The first-order valence-electron chi connectivity index (χ1n) is 7.65. The van der Waals surface area contributed by atoms with Crippen LogP contribution in [0.2, 0.25) is 0 Å². The molecule has 1 saturated heterocycles. The maximum atomic E-state index is 12.0. The zero-order chi connectivity index (χ0) is 16.9. The molecule has 0 spiro atoms. The summed E-state index contributed by atoms with van der Waals surface area (Å²) in [5, 5.41) is 2.70. The molecule has 2 aromatic carbocycles. The molecule has 0 atom stereocenters. The summed E-state index contributed by atoms with van der Waals surface area (Å²) in [6, 6.07) is 14.3. The Kier molecular flexibility index (Phi) is 4.77. The maximum absolute atomic E-state index is 12.0. The number of para-hydroxylation sites is 1. The lowest BCUT2D eigenvalue weighted by Gasteiger charge is -2.27. The fraction of sp³-hybridized carbons (Fsp3) is 0.222. The van der Waals surface area contributed by atoms with Crippen molar-refractivity contribution >= 4 is 23.4 Å². The number of hydrogen-bond donors (Lipinski definition) is 1. The molecule has 1 heterocycles. The van der Waals surface area contributed by atoms with Crippen molar-refractivity contribution in [2.45, 2.75) is 6.92 Å². The van der Waals surface area contributed by atoms with Crippen LogP contribution in [0, 0.1) is 6.92 Å². The van der Waals surface area contributed by atoms with Crippen molar-refractivity contribution in [1.29, 1.82) is 0 Å². The molecule has 1 N–H and O–H groups in total. The molecule has 0 saturated carbocycles. The molecule has 0 aromatic heterocycles. The Hall–Kier alpha value is -2.86. The predicted octanol–water partition coefficient (Wildman–Crippen LogP) is 2.97. The minimum Gasteiger partial charge on any atom is -0.410 e. The topological polar surface area (TPSA) is 67.9 Å². The number of aryl methyl sites for hydroxylation is 1. The average Bonchev–Trinajstić information content (AvgIpc) is 2.55. The van der Waals surface area contributed by atoms with Gasteiger partial charge >= 0.3 is 6.09 Å². The Bertz CT molecular complexity index is 746. The second-order valence-electron chi connectivity index (χ2n) is 5.48. The van der Waals surface area contributed by atoms with Crippen LogP contribution in [-0.4, -0.2) is 31.8 Å². The van der Waals surface area contributed by atoms with E-state index < -0.39 is 6.09 Å². The predicted molar refractivity (Wildman–Crippen MR) is 90.4 cm³/mol. The molecule has 0 unspecified atom stereocenters. The molecule has 124 valence electrons. The van der Waals surface area contributed by atoms with Crippen molar-refractivity contribution in [3.63, 3.8) is 0 Å². The van der Waals surface area contributed by atoms with Gasteiger partial charge in [-0.3, -0.25) is 10.1 Å². The number of amides is 2. The van der Waals surface area contributed by atoms with Crippen molar-refractivity contribution < 1.29 is 19.1 Å². The third-order valence-electron chi connectivity index (χ3n) is 3.56. The van der Waals surface area contributed by atoms with Crippen molar-refractivity contribution in [2.75, 3.05) is 30.0 Å². The van der Waals surface area contributed by atoms with Gasteiger partial charge in [-0.15, -0.1) is 0 Å². The van der Waals surface area contributed by atoms with E-state index in [1.165, 1.54) is 0 Å². The summed E-state index contributed by atoms with van der Waals surface area (Å²) in [5.41, 5.74) is 2.24. The van der Waals surface area contributed by atoms with Gasteiger partial charge in [-0.25, -0.2) is 4.79 Å². The quantitative estimate of drug-likeness (QED) is 0.941. The summed E-state index contributed by atoms with van der Waals surface area (Å²) in [5.74, 6) is 0.371. The number of anilines is 2. The molecule has 6 nitrogen and oxygen atoms in total. The fourth-order valence-electron chi connectivity index (χ4n) is 2.52. The van der Waals surface area contributed by atoms with E-state index in [0.717, 1.165) is 11.3 Å². The van der Waals surface area contributed by atoms with Crippen molar-refractivity contribution in [1.82, 2.24) is 0 Å². The van der Waals surface area contributed by atoms with Crippen LogP contribution in [0.25, 0.3) is 0 Å². The van der Waals surface area contributed by atoms with Gasteiger partial charge in [0.1, 0.15) is 12.4 Å². The van der Waals surface area contributed by atoms with Gasteiger partial charge in [-0.2, -0.15) is 0 Å². The lowest BCUT2D eigenvalue weighted by Crippen LogP contribution is -2.41. The number of carbonyl (C=O) groups excluding carboxylic acids is 2. The van der Waals surface area contributed by atoms with Crippen LogP contribution >= 0.6 is 0 Å². The van der Waals surface area contributed by atoms with Gasteiger partial charge in [0.05, 0.1) is 6.61 Å². The zero-order valence-electron chi connectivity index (χ0n) is 13.3. The summed E-state index contributed by atoms with van der Waals surface area (Å²) < 4.78 is 10.4. The maximum Gasteiger partial charge on any atom is 0.417 e. The third kappa shape index (κ3) is 3.91. The highest BCUT2D eigenvalue weighted by Gasteiger charge is 2.21. The van der Waals surface area contributed by atoms with Crippen LogP contribution in [0.4, 0.5) is 16.2 Å². The van der Waals surface area contributed by atoms with Crippen LogP contribution in [-0.2, 0) is 9.53 Å². The second kappa shape index (κ2) is 7.14. The van der Waals surface area contributed by atoms with Gasteiger partial charge < -0.3 is 14.4 Å². The third-order valence-corrected chi connectivity index (χ3v) is 3.56. The van der Waals surface area contributed by atoms with Crippen LogP contribution in [0.15, 0.2) is 48.5 Å². The van der Waals surface area contributed by atoms with Crippen molar-refractivity contribution in [2.24, 2.45) is 0 Å². The molecule has 2 aromatic rings. The van der Waals surface area contributed by atoms with Gasteiger partial charge in [0.2, 0.25) is 0 Å². The largest absolute Gasteiger partial charge is 0.417 e. The molecule has 1 aliphatic heterocycles. The number of ether oxygens (including phenoxy) is 2. The van der Waals surface area contributed by atoms with E-state index in [2.05, 4.69) is 5.32 Å². The van der Waals surface area contributed by atoms with E-state index in [0.29, 0.717) is 24.6 Å². The number of carbonyl (C=O) groups is 2. The molecule has 24 heavy (non-hydrogen) atoms. The molecular formula is C18H18N2O4. The second-order valence-corrected chi connectivity index (χ2v) is 5.48. The molecular weight excluding hydrogens is 308 g/mol. The average molecular weight is 326 g/mol. The summed E-state index contributed by atoms with van der Waals surface area (Å²) in [7, 11) is 0. The van der Waals surface area contributed by atoms with E-state index in [4.69, 9.17) is 9.47 Å². The molecule has 0 radical (unpaired) electrons. The number of rotatable bonds is 3. The molecule has 1 aliphatic rings. The van der Waals surface area contributed by atoms with Crippen molar-refractivity contribution in [3.8, 4) is 5.75 Å². The smallest absolute Gasteiger partial charge is 0.410 e. The van der Waals surface area contributed by atoms with Crippen LogP contribution < -0.4 is 15.0 Å². The molecule has 1 fully saturated rings. The minimum absolute atomic E-state index is 0.0761. The monoisotopic (exact) mass is 326 g/mol. The highest BCUT2D eigenvalue weighted by Crippen LogP contribution is 2.24. The molecule has 2 amide bonds. The van der Waals surface area contributed by atoms with Crippen LogP contribution in [0.1, 0.15) is 5.56 Å². The Labute approximate surface area is 140 Å². The zero-order valence-corrected chi connectivity index (χ0v) is 13.3. The Morgan fingerprint density at radius 3 is 2.75 bits per heavy atom. The standard InChI is InChI=1S/C18H18N2O4/c1-13-9-14(19-18(22)24-16-5-3-2-4-6-16)11-15(10-13)20-7-8-23-12-17(20)21/h2-6,9-11H,7-8,12H2,1H3,(H,19,22). The van der Waals surface area contributed by atoms with E-state index in [1.807, 2.05) is 25.1 Å². The first kappa shape index (κ1) is 16.0. The molecule has 3 rings (SSSR count). The summed E-state index contributed by atoms with van der Waals surface area (Å²) in [6.07, 6.45) is -0.578. The first-order valence-corrected chi connectivity index (χ1v) is 7.65. The van der Waals surface area contributed by atoms with Gasteiger partial charge in [0.15, 0.2) is 0 Å². The van der Waals surface area contributed by atoms with E-state index in [9.17, 15) is 9.59 Å². The highest BCUT2D eigenvalue weighted by atomic mass is 16.6. The number of morpholine rings is 1. The van der Waals surface area contributed by atoms with Gasteiger partial charge in [-0.1, -0.05) is 18.2 Å². The number of nitrogens with zero attached hydrogens (tertiary/aromatic N) is 1. The summed E-state index contributed by atoms with van der Waals surface area (Å²) in [4.78, 5) is 25.6. The van der Waals surface area contributed by atoms with Gasteiger partial charge in [-0.05, 0) is 42.8 Å². The number of benzene rings is 2. The van der Waals surface area contributed by atoms with Crippen molar-refractivity contribution in [3.05, 3.63) is 54.1 Å². The first-order chi connectivity index (χ1) is 11.6. The molecule has 0 bridgehead atoms. The van der Waals surface area contributed by atoms with Gasteiger partial charge in [0, 0.05) is 17.9 Å². The number of hydrogen-bond acceptors (Lipinski definition) is 4. The fourth-order valence-corrected chi connectivity index (χ4v) is 2.52. The van der Waals surface area contributed by atoms with E-state index >= 15 is 0 Å². The molecule has 0 aliphatic carbocycles. The van der Waals surface area contributed by atoms with E-state index in [-0.39, 0.29) is 12.5 Å². The number of nitrogens with one attached hydrogen (secondary N) is 1. The summed E-state index contributed by atoms with van der Waals surface area (Å²) >= 11 is 0. The Morgan fingerprint density at radius 2 is 2.00 bits per heavy atom. The Balaban J connectivity index is 1.74.